The number of hydrogen-bond donors (Lipinski definition) is 1. The van der Waals surface area contributed by atoms with Crippen LogP contribution in [0.2, 0.25) is 0 Å². The Balaban J connectivity index is 2.22. The van der Waals surface area contributed by atoms with Crippen LogP contribution >= 0.6 is 11.8 Å². The minimum Gasteiger partial charge on any atom is -0.378 e. The third-order valence-corrected chi connectivity index (χ3v) is 4.05. The smallest absolute Gasteiger partial charge is 0.241 e. The Bertz CT molecular complexity index is 583. The van der Waals surface area contributed by atoms with Gasteiger partial charge in [0.05, 0.1) is 0 Å². The summed E-state index contributed by atoms with van der Waals surface area (Å²) in [7, 11) is 3.94. The van der Waals surface area contributed by atoms with E-state index in [1.807, 2.05) is 43.3 Å². The van der Waals surface area contributed by atoms with Gasteiger partial charge < -0.3 is 10.2 Å². The maximum atomic E-state index is 11.7. The number of amides is 2. The van der Waals surface area contributed by atoms with E-state index >= 15 is 0 Å². The molecule has 0 bridgehead atoms. The molecule has 1 aliphatic rings. The van der Waals surface area contributed by atoms with Gasteiger partial charge in [-0.1, -0.05) is 23.9 Å². The summed E-state index contributed by atoms with van der Waals surface area (Å²) in [6, 6.07) is 7.92. The number of amidine groups is 1. The predicted octanol–water partition coefficient (Wildman–Crippen LogP) is 1.75. The van der Waals surface area contributed by atoms with Gasteiger partial charge in [0, 0.05) is 33.6 Å². The summed E-state index contributed by atoms with van der Waals surface area (Å²) in [5.41, 5.74) is 2.05. The number of anilines is 1. The van der Waals surface area contributed by atoms with Crippen molar-refractivity contribution < 1.29 is 9.59 Å². The summed E-state index contributed by atoms with van der Waals surface area (Å²) >= 11 is 1.35. The molecular formula is C14H18N4O2S. The number of thioether (sulfide) groups is 1. The lowest BCUT2D eigenvalue weighted by Crippen LogP contribution is -2.25. The van der Waals surface area contributed by atoms with Crippen LogP contribution in [0.1, 0.15) is 24.8 Å². The third kappa shape index (κ3) is 3.55. The van der Waals surface area contributed by atoms with E-state index in [0.717, 1.165) is 11.3 Å². The van der Waals surface area contributed by atoms with Gasteiger partial charge in [-0.25, -0.2) is 5.01 Å². The van der Waals surface area contributed by atoms with Crippen molar-refractivity contribution in [3.05, 3.63) is 29.8 Å². The zero-order valence-corrected chi connectivity index (χ0v) is 13.3. The van der Waals surface area contributed by atoms with Gasteiger partial charge in [-0.2, -0.15) is 0 Å². The van der Waals surface area contributed by atoms with E-state index in [4.69, 9.17) is 0 Å². The average molecular weight is 306 g/mol. The highest BCUT2D eigenvalue weighted by Gasteiger charge is 2.32. The second-order valence-electron chi connectivity index (χ2n) is 4.91. The minimum atomic E-state index is -0.249. The summed E-state index contributed by atoms with van der Waals surface area (Å²) < 4.78 is 0. The Labute approximate surface area is 128 Å². The lowest BCUT2D eigenvalue weighted by atomic mass is 10.2. The number of hydrogen-bond acceptors (Lipinski definition) is 5. The first-order valence-corrected chi connectivity index (χ1v) is 7.36. The van der Waals surface area contributed by atoms with Crippen LogP contribution in [0.15, 0.2) is 29.4 Å². The molecule has 1 atom stereocenters. The summed E-state index contributed by atoms with van der Waals surface area (Å²) in [4.78, 5) is 24.9. The Morgan fingerprint density at radius 1 is 1.24 bits per heavy atom. The maximum absolute atomic E-state index is 11.7. The normalized spacial score (nSPS) is 17.4. The lowest BCUT2D eigenvalue weighted by Gasteiger charge is -2.20. The van der Waals surface area contributed by atoms with Gasteiger partial charge in [0.15, 0.2) is 5.17 Å². The fraction of sp³-hybridized carbons (Fsp3) is 0.357. The molecule has 0 radical (unpaired) electrons. The number of nitrogens with zero attached hydrogens (tertiary/aromatic N) is 3. The van der Waals surface area contributed by atoms with Gasteiger partial charge in [-0.15, -0.1) is 5.10 Å². The van der Waals surface area contributed by atoms with Gasteiger partial charge in [0.25, 0.3) is 0 Å². The predicted molar refractivity (Wildman–Crippen MR) is 84.9 cm³/mol. The van der Waals surface area contributed by atoms with Crippen molar-refractivity contribution in [1.82, 2.24) is 10.3 Å². The van der Waals surface area contributed by atoms with E-state index < -0.39 is 0 Å². The van der Waals surface area contributed by atoms with Crippen molar-refractivity contribution in [2.45, 2.75) is 19.2 Å². The summed E-state index contributed by atoms with van der Waals surface area (Å²) in [5, 5.41) is 8.38. The molecule has 1 aromatic carbocycles. The molecular weight excluding hydrogens is 288 g/mol. The molecule has 1 unspecified atom stereocenters. The first-order valence-electron chi connectivity index (χ1n) is 6.48. The Morgan fingerprint density at radius 3 is 2.33 bits per heavy atom. The first kappa shape index (κ1) is 15.4. The van der Waals surface area contributed by atoms with E-state index in [2.05, 4.69) is 10.4 Å². The highest BCUT2D eigenvalue weighted by molar-refractivity contribution is 8.14. The van der Waals surface area contributed by atoms with Gasteiger partial charge in [-0.3, -0.25) is 9.59 Å². The van der Waals surface area contributed by atoms with Gasteiger partial charge in [0.2, 0.25) is 11.8 Å². The molecule has 0 saturated heterocycles. The lowest BCUT2D eigenvalue weighted by molar-refractivity contribution is -0.129. The van der Waals surface area contributed by atoms with Crippen molar-refractivity contribution in [2.24, 2.45) is 5.10 Å². The number of hydrazone groups is 1. The van der Waals surface area contributed by atoms with Gasteiger partial charge in [-0.05, 0) is 17.7 Å². The molecule has 21 heavy (non-hydrogen) atoms. The Morgan fingerprint density at radius 2 is 1.86 bits per heavy atom. The standard InChI is InChI=1S/C14H18N4O2S/c1-9(19)15-14-16-18(10(2)20)13(21-14)11-5-7-12(8-6-11)17(3)4/h5-8,13H,1-4H3,(H,15,16,19). The largest absolute Gasteiger partial charge is 0.378 e. The molecule has 1 aromatic rings. The number of nitrogens with one attached hydrogen (secondary N) is 1. The van der Waals surface area contributed by atoms with Crippen LogP contribution in [-0.4, -0.2) is 36.1 Å². The molecule has 2 amide bonds. The molecule has 0 fully saturated rings. The highest BCUT2D eigenvalue weighted by Crippen LogP contribution is 2.38. The van der Waals surface area contributed by atoms with Crippen LogP contribution in [0.4, 0.5) is 5.69 Å². The Hall–Kier alpha value is -2.02. The molecule has 1 aliphatic heterocycles. The number of carbonyl (C=O) groups excluding carboxylic acids is 2. The number of carbonyl (C=O) groups is 2. The van der Waals surface area contributed by atoms with E-state index in [0.29, 0.717) is 5.17 Å². The van der Waals surface area contributed by atoms with Gasteiger partial charge in [0.1, 0.15) is 5.37 Å². The van der Waals surface area contributed by atoms with Crippen LogP contribution < -0.4 is 10.2 Å². The topological polar surface area (TPSA) is 65.0 Å². The second-order valence-corrected chi connectivity index (χ2v) is 5.98. The Kier molecular flexibility index (Phi) is 4.52. The van der Waals surface area contributed by atoms with Crippen molar-refractivity contribution in [1.29, 1.82) is 0 Å². The second kappa shape index (κ2) is 6.17. The molecule has 0 aliphatic carbocycles. The molecule has 6 nitrogen and oxygen atoms in total. The quantitative estimate of drug-likeness (QED) is 0.904. The van der Waals surface area contributed by atoms with E-state index in [1.54, 1.807) is 0 Å². The first-order chi connectivity index (χ1) is 9.88. The maximum Gasteiger partial charge on any atom is 0.241 e. The minimum absolute atomic E-state index is 0.162. The third-order valence-electron chi connectivity index (χ3n) is 2.94. The monoisotopic (exact) mass is 306 g/mol. The summed E-state index contributed by atoms with van der Waals surface area (Å²) in [6.45, 7) is 2.88. The van der Waals surface area contributed by atoms with E-state index in [-0.39, 0.29) is 17.2 Å². The van der Waals surface area contributed by atoms with E-state index in [9.17, 15) is 9.59 Å². The molecule has 112 valence electrons. The van der Waals surface area contributed by atoms with Crippen LogP contribution in [0.5, 0.6) is 0 Å². The van der Waals surface area contributed by atoms with Crippen LogP contribution in [-0.2, 0) is 9.59 Å². The fourth-order valence-electron chi connectivity index (χ4n) is 1.92. The number of rotatable bonds is 2. The highest BCUT2D eigenvalue weighted by atomic mass is 32.2. The van der Waals surface area contributed by atoms with Crippen molar-refractivity contribution in [3.8, 4) is 0 Å². The molecule has 2 rings (SSSR count). The fourth-order valence-corrected chi connectivity index (χ4v) is 3.05. The molecule has 7 heteroatoms. The van der Waals surface area contributed by atoms with Gasteiger partial charge >= 0.3 is 0 Å². The summed E-state index contributed by atoms with van der Waals surface area (Å²) in [6.07, 6.45) is 0. The van der Waals surface area contributed by atoms with Crippen LogP contribution in [0, 0.1) is 0 Å². The average Bonchev–Trinajstić information content (AvgIpc) is 2.82. The molecule has 1 heterocycles. The molecule has 0 saturated carbocycles. The number of benzene rings is 1. The SMILES string of the molecule is CC(=O)NC1=NN(C(C)=O)C(c2ccc(N(C)C)cc2)S1. The van der Waals surface area contributed by atoms with E-state index in [1.165, 1.54) is 30.6 Å². The molecule has 0 aromatic heterocycles. The zero-order chi connectivity index (χ0) is 15.6. The van der Waals surface area contributed by atoms with Crippen molar-refractivity contribution >= 4 is 34.4 Å². The van der Waals surface area contributed by atoms with Crippen LogP contribution in [0.25, 0.3) is 0 Å². The summed E-state index contributed by atoms with van der Waals surface area (Å²) in [5.74, 6) is -0.363. The molecule has 0 spiro atoms. The zero-order valence-electron chi connectivity index (χ0n) is 12.5. The molecule has 1 N–H and O–H groups in total. The van der Waals surface area contributed by atoms with Crippen LogP contribution in [0.3, 0.4) is 0 Å². The van der Waals surface area contributed by atoms with Crippen molar-refractivity contribution in [2.75, 3.05) is 19.0 Å². The van der Waals surface area contributed by atoms with Crippen molar-refractivity contribution in [3.63, 3.8) is 0 Å².